The quantitative estimate of drug-likeness (QED) is 0.178. The molecule has 0 bridgehead atoms. The fourth-order valence-electron chi connectivity index (χ4n) is 4.74. The third-order valence-corrected chi connectivity index (χ3v) is 6.89. The van der Waals surface area contributed by atoms with Gasteiger partial charge >= 0.3 is 5.97 Å². The molecule has 0 amide bonds. The Hall–Kier alpha value is -4.33. The summed E-state index contributed by atoms with van der Waals surface area (Å²) in [6, 6.07) is 33.2. The van der Waals surface area contributed by atoms with Gasteiger partial charge in [0.05, 0.1) is 12.7 Å². The molecule has 7 heteroatoms. The van der Waals surface area contributed by atoms with E-state index in [0.717, 1.165) is 23.5 Å². The highest BCUT2D eigenvalue weighted by Crippen LogP contribution is 2.30. The zero-order valence-corrected chi connectivity index (χ0v) is 24.2. The van der Waals surface area contributed by atoms with E-state index in [1.165, 1.54) is 18.2 Å². The van der Waals surface area contributed by atoms with Gasteiger partial charge in [-0.1, -0.05) is 54.6 Å². The van der Waals surface area contributed by atoms with Crippen LogP contribution in [-0.2, 0) is 27.2 Å². The molecule has 2 atom stereocenters. The molecule has 0 aromatic heterocycles. The van der Waals surface area contributed by atoms with Gasteiger partial charge in [-0.2, -0.15) is 0 Å². The van der Waals surface area contributed by atoms with Crippen molar-refractivity contribution in [1.29, 1.82) is 0 Å². The van der Waals surface area contributed by atoms with Crippen molar-refractivity contribution in [3.8, 4) is 17.2 Å². The van der Waals surface area contributed by atoms with E-state index >= 15 is 0 Å². The summed E-state index contributed by atoms with van der Waals surface area (Å²) in [6.45, 7) is 4.91. The second-order valence-corrected chi connectivity index (χ2v) is 10.6. The number of hydrogen-bond donors (Lipinski definition) is 0. The van der Waals surface area contributed by atoms with Gasteiger partial charge in [0.25, 0.3) is 0 Å². The Morgan fingerprint density at radius 3 is 1.62 bits per heavy atom. The highest BCUT2D eigenvalue weighted by atomic mass is 16.8. The maximum Gasteiger partial charge on any atom is 0.337 e. The molecule has 0 aliphatic carbocycles. The van der Waals surface area contributed by atoms with Crippen LogP contribution in [0.5, 0.6) is 17.2 Å². The van der Waals surface area contributed by atoms with E-state index in [-0.39, 0.29) is 24.8 Å². The summed E-state index contributed by atoms with van der Waals surface area (Å²) >= 11 is 0. The van der Waals surface area contributed by atoms with Crippen molar-refractivity contribution in [2.24, 2.45) is 0 Å². The number of esters is 1. The van der Waals surface area contributed by atoms with Crippen LogP contribution in [0, 0.1) is 0 Å². The lowest BCUT2D eigenvalue weighted by Crippen LogP contribution is -2.33. The van der Waals surface area contributed by atoms with Crippen molar-refractivity contribution >= 4 is 5.97 Å². The summed E-state index contributed by atoms with van der Waals surface area (Å²) in [4.78, 5) is 11.6. The van der Waals surface area contributed by atoms with Gasteiger partial charge in [0, 0.05) is 0 Å². The Bertz CT molecular complexity index is 1420. The summed E-state index contributed by atoms with van der Waals surface area (Å²) in [5, 5.41) is 0. The van der Waals surface area contributed by atoms with E-state index < -0.39 is 5.79 Å². The third-order valence-electron chi connectivity index (χ3n) is 6.89. The second-order valence-electron chi connectivity index (χ2n) is 10.6. The number of benzene rings is 4. The molecule has 0 radical (unpaired) electrons. The van der Waals surface area contributed by atoms with Gasteiger partial charge in [-0.05, 0) is 85.5 Å². The summed E-state index contributed by atoms with van der Waals surface area (Å²) in [5.74, 6) is 1.10. The Balaban J connectivity index is 1.09. The Morgan fingerprint density at radius 2 is 1.12 bits per heavy atom. The SMILES string of the molecule is COC(=O)c1ccc(OC[C@@H]2OC(C)(C)O[C@H]2COc2ccc(Cc3ccc(OCc4ccccc4)cc3)cc2)cc1. The highest BCUT2D eigenvalue weighted by molar-refractivity contribution is 5.89. The van der Waals surface area contributed by atoms with Gasteiger partial charge in [-0.15, -0.1) is 0 Å². The molecule has 0 saturated carbocycles. The van der Waals surface area contributed by atoms with Crippen molar-refractivity contribution in [2.45, 2.75) is 44.9 Å². The summed E-state index contributed by atoms with van der Waals surface area (Å²) in [7, 11) is 1.35. The zero-order valence-electron chi connectivity index (χ0n) is 24.2. The standard InChI is InChI=1S/C35H36O7/c1-35(2)41-32(33(42-35)24-40-31-19-13-28(14-20-31)34(36)37-3)23-39-30-17-11-26(12-18-30)21-25-9-15-29(16-10-25)38-22-27-7-5-4-6-8-27/h4-20,32-33H,21-24H2,1-3H3/t32-,33-/m0/s1. The monoisotopic (exact) mass is 568 g/mol. The zero-order chi connectivity index (χ0) is 29.4. The maximum absolute atomic E-state index is 11.6. The van der Waals surface area contributed by atoms with Crippen molar-refractivity contribution in [3.05, 3.63) is 125 Å². The van der Waals surface area contributed by atoms with Crippen LogP contribution in [0.3, 0.4) is 0 Å². The van der Waals surface area contributed by atoms with Crippen LogP contribution in [0.15, 0.2) is 103 Å². The molecule has 5 rings (SSSR count). The molecule has 7 nitrogen and oxygen atoms in total. The smallest absolute Gasteiger partial charge is 0.337 e. The average molecular weight is 569 g/mol. The van der Waals surface area contributed by atoms with Crippen LogP contribution in [0.1, 0.15) is 40.9 Å². The Labute approximate surface area is 246 Å². The van der Waals surface area contributed by atoms with Crippen molar-refractivity contribution in [2.75, 3.05) is 20.3 Å². The number of rotatable bonds is 12. The normalized spacial score (nSPS) is 17.4. The number of hydrogen-bond acceptors (Lipinski definition) is 7. The molecule has 0 N–H and O–H groups in total. The van der Waals surface area contributed by atoms with Gasteiger partial charge in [-0.3, -0.25) is 0 Å². The van der Waals surface area contributed by atoms with Gasteiger partial charge in [0.1, 0.15) is 49.3 Å². The molecule has 42 heavy (non-hydrogen) atoms. The minimum absolute atomic E-state index is 0.282. The first-order chi connectivity index (χ1) is 20.4. The van der Waals surface area contributed by atoms with Crippen LogP contribution in [0.4, 0.5) is 0 Å². The molecule has 4 aromatic rings. The first-order valence-corrected chi connectivity index (χ1v) is 14.0. The van der Waals surface area contributed by atoms with E-state index in [1.54, 1.807) is 24.3 Å². The predicted molar refractivity (Wildman–Crippen MR) is 159 cm³/mol. The summed E-state index contributed by atoms with van der Waals surface area (Å²) in [6.07, 6.45) is 0.184. The van der Waals surface area contributed by atoms with E-state index in [1.807, 2.05) is 56.3 Å². The first kappa shape index (κ1) is 29.2. The second kappa shape index (κ2) is 13.6. The average Bonchev–Trinajstić information content (AvgIpc) is 3.32. The van der Waals surface area contributed by atoms with E-state index in [0.29, 0.717) is 24.5 Å². The fraction of sp³-hybridized carbons (Fsp3) is 0.286. The number of ether oxygens (including phenoxy) is 6. The molecule has 1 fully saturated rings. The van der Waals surface area contributed by atoms with Crippen LogP contribution in [0.25, 0.3) is 0 Å². The lowest BCUT2D eigenvalue weighted by Gasteiger charge is -2.18. The molecule has 0 spiro atoms. The first-order valence-electron chi connectivity index (χ1n) is 14.0. The molecule has 1 aliphatic heterocycles. The van der Waals surface area contributed by atoms with Gasteiger partial charge < -0.3 is 28.4 Å². The number of carbonyl (C=O) groups excluding carboxylic acids is 1. The third kappa shape index (κ3) is 8.12. The van der Waals surface area contributed by atoms with E-state index in [2.05, 4.69) is 36.4 Å². The minimum atomic E-state index is -0.747. The van der Waals surface area contributed by atoms with Crippen LogP contribution < -0.4 is 14.2 Å². The molecule has 0 unspecified atom stereocenters. The number of carbonyl (C=O) groups is 1. The number of methoxy groups -OCH3 is 1. The van der Waals surface area contributed by atoms with Gasteiger partial charge in [0.15, 0.2) is 5.79 Å². The molecule has 1 heterocycles. The lowest BCUT2D eigenvalue weighted by molar-refractivity contribution is -0.150. The predicted octanol–water partition coefficient (Wildman–Crippen LogP) is 6.62. The van der Waals surface area contributed by atoms with Gasteiger partial charge in [0.2, 0.25) is 0 Å². The van der Waals surface area contributed by atoms with Crippen molar-refractivity contribution in [1.82, 2.24) is 0 Å². The molecule has 1 saturated heterocycles. The van der Waals surface area contributed by atoms with Crippen molar-refractivity contribution in [3.63, 3.8) is 0 Å². The maximum atomic E-state index is 11.6. The van der Waals surface area contributed by atoms with Crippen LogP contribution in [0.2, 0.25) is 0 Å². The van der Waals surface area contributed by atoms with E-state index in [4.69, 9.17) is 28.4 Å². The molecule has 4 aromatic carbocycles. The van der Waals surface area contributed by atoms with E-state index in [9.17, 15) is 4.79 Å². The Morgan fingerprint density at radius 1 is 0.643 bits per heavy atom. The Kier molecular flexibility index (Phi) is 9.41. The molecular weight excluding hydrogens is 532 g/mol. The fourth-order valence-corrected chi connectivity index (χ4v) is 4.74. The molecule has 1 aliphatic rings. The molecule has 218 valence electrons. The minimum Gasteiger partial charge on any atom is -0.491 e. The summed E-state index contributed by atoms with van der Waals surface area (Å²) in [5.41, 5.74) is 4.00. The summed E-state index contributed by atoms with van der Waals surface area (Å²) < 4.78 is 34.8. The van der Waals surface area contributed by atoms with Crippen LogP contribution >= 0.6 is 0 Å². The van der Waals surface area contributed by atoms with Gasteiger partial charge in [-0.25, -0.2) is 4.79 Å². The van der Waals surface area contributed by atoms with Crippen LogP contribution in [-0.4, -0.2) is 44.3 Å². The molecular formula is C35H36O7. The van der Waals surface area contributed by atoms with Crippen molar-refractivity contribution < 1.29 is 33.2 Å². The topological polar surface area (TPSA) is 72.5 Å². The largest absolute Gasteiger partial charge is 0.491 e. The lowest BCUT2D eigenvalue weighted by atomic mass is 10.0. The highest BCUT2D eigenvalue weighted by Gasteiger charge is 2.42.